The number of carbonyl (C=O) groups excluding carboxylic acids is 1. The minimum Gasteiger partial charge on any atom is -0.352 e. The first-order chi connectivity index (χ1) is 11.5. The van der Waals surface area contributed by atoms with Gasteiger partial charge in [0.1, 0.15) is 0 Å². The summed E-state index contributed by atoms with van der Waals surface area (Å²) in [6, 6.07) is 15.8. The smallest absolute Gasteiger partial charge is 0.251 e. The Balaban J connectivity index is 1.91. The monoisotopic (exact) mass is 346 g/mol. The zero-order valence-electron chi connectivity index (χ0n) is 13.7. The molecule has 0 heterocycles. The Hall–Kier alpha value is -2.18. The van der Waals surface area contributed by atoms with Crippen LogP contribution in [0.2, 0.25) is 0 Å². The third kappa shape index (κ3) is 5.18. The van der Waals surface area contributed by atoms with Gasteiger partial charge in [0, 0.05) is 18.7 Å². The lowest BCUT2D eigenvalue weighted by molar-refractivity contribution is 0.0954. The summed E-state index contributed by atoms with van der Waals surface area (Å²) in [7, 11) is -3.50. The summed E-state index contributed by atoms with van der Waals surface area (Å²) in [6.07, 6.45) is 1.47. The van der Waals surface area contributed by atoms with Crippen molar-refractivity contribution in [3.8, 4) is 0 Å². The summed E-state index contributed by atoms with van der Waals surface area (Å²) in [5.74, 6) is -0.212. The minimum absolute atomic E-state index is 0.164. The Kier molecular flexibility index (Phi) is 6.52. The van der Waals surface area contributed by atoms with Crippen LogP contribution in [-0.4, -0.2) is 27.4 Å². The van der Waals surface area contributed by atoms with Crippen molar-refractivity contribution in [2.45, 2.75) is 24.7 Å². The van der Waals surface area contributed by atoms with E-state index in [4.69, 9.17) is 0 Å². The molecule has 24 heavy (non-hydrogen) atoms. The Morgan fingerprint density at radius 3 is 2.25 bits per heavy atom. The maximum absolute atomic E-state index is 12.1. The first-order valence-corrected chi connectivity index (χ1v) is 9.43. The van der Waals surface area contributed by atoms with Crippen molar-refractivity contribution >= 4 is 15.9 Å². The largest absolute Gasteiger partial charge is 0.352 e. The normalized spacial score (nSPS) is 11.2. The van der Waals surface area contributed by atoms with Crippen molar-refractivity contribution < 1.29 is 13.2 Å². The van der Waals surface area contributed by atoms with E-state index < -0.39 is 10.0 Å². The second-order valence-corrected chi connectivity index (χ2v) is 7.18. The Labute approximate surface area is 143 Å². The van der Waals surface area contributed by atoms with Gasteiger partial charge in [-0.2, -0.15) is 0 Å². The van der Waals surface area contributed by atoms with Crippen molar-refractivity contribution in [1.29, 1.82) is 0 Å². The van der Waals surface area contributed by atoms with Gasteiger partial charge in [-0.25, -0.2) is 13.1 Å². The maximum Gasteiger partial charge on any atom is 0.251 e. The van der Waals surface area contributed by atoms with Gasteiger partial charge in [0.15, 0.2) is 0 Å². The molecule has 5 nitrogen and oxygen atoms in total. The lowest BCUT2D eigenvalue weighted by Gasteiger charge is -2.08. The highest BCUT2D eigenvalue weighted by molar-refractivity contribution is 7.89. The van der Waals surface area contributed by atoms with Crippen LogP contribution in [0.3, 0.4) is 0 Å². The van der Waals surface area contributed by atoms with Crippen LogP contribution in [0.4, 0.5) is 0 Å². The number of hydrogen-bond donors (Lipinski definition) is 2. The van der Waals surface area contributed by atoms with Crippen LogP contribution in [-0.2, 0) is 16.4 Å². The zero-order chi connectivity index (χ0) is 17.4. The first kappa shape index (κ1) is 18.2. The lowest BCUT2D eigenvalue weighted by atomic mass is 10.1. The number of nitrogens with one attached hydrogen (secondary N) is 2. The van der Waals surface area contributed by atoms with Gasteiger partial charge in [-0.3, -0.25) is 4.79 Å². The van der Waals surface area contributed by atoms with Gasteiger partial charge < -0.3 is 5.32 Å². The number of sulfonamides is 1. The van der Waals surface area contributed by atoms with Gasteiger partial charge in [0.25, 0.3) is 5.91 Å². The molecule has 6 heteroatoms. The summed E-state index contributed by atoms with van der Waals surface area (Å²) < 4.78 is 26.5. The number of hydrogen-bond acceptors (Lipinski definition) is 3. The number of rotatable bonds is 8. The van der Waals surface area contributed by atoms with Crippen molar-refractivity contribution in [2.24, 2.45) is 0 Å². The van der Waals surface area contributed by atoms with Crippen molar-refractivity contribution in [2.75, 3.05) is 13.1 Å². The van der Waals surface area contributed by atoms with E-state index in [9.17, 15) is 13.2 Å². The zero-order valence-corrected chi connectivity index (χ0v) is 14.5. The summed E-state index contributed by atoms with van der Waals surface area (Å²) in [4.78, 5) is 12.3. The molecule has 0 aliphatic rings. The summed E-state index contributed by atoms with van der Waals surface area (Å²) in [5, 5.41) is 2.84. The van der Waals surface area contributed by atoms with E-state index in [0.717, 1.165) is 18.4 Å². The fourth-order valence-corrected chi connectivity index (χ4v) is 3.31. The fraction of sp³-hybridized carbons (Fsp3) is 0.278. The van der Waals surface area contributed by atoms with Crippen LogP contribution in [0.15, 0.2) is 59.5 Å². The molecular formula is C18H22N2O3S. The molecule has 0 aromatic heterocycles. The van der Waals surface area contributed by atoms with Crippen LogP contribution < -0.4 is 10.0 Å². The van der Waals surface area contributed by atoms with Gasteiger partial charge >= 0.3 is 0 Å². The molecule has 0 unspecified atom stereocenters. The van der Waals surface area contributed by atoms with Crippen LogP contribution in [0, 0.1) is 0 Å². The Morgan fingerprint density at radius 2 is 1.62 bits per heavy atom. The standard InChI is InChI=1S/C18H22N2O3S/c1-2-13-20-24(22,23)17-10-8-16(9-11-17)18(21)19-14-12-15-6-4-3-5-7-15/h3-11,20H,2,12-14H2,1H3,(H,19,21). The molecule has 0 aliphatic carbocycles. The molecule has 0 aliphatic heterocycles. The average molecular weight is 346 g/mol. The molecule has 0 fully saturated rings. The van der Waals surface area contributed by atoms with Crippen LogP contribution in [0.5, 0.6) is 0 Å². The second-order valence-electron chi connectivity index (χ2n) is 5.41. The van der Waals surface area contributed by atoms with Crippen molar-refractivity contribution in [3.05, 3.63) is 65.7 Å². The van der Waals surface area contributed by atoms with Gasteiger partial charge in [0.2, 0.25) is 10.0 Å². The van der Waals surface area contributed by atoms with E-state index in [1.54, 1.807) is 0 Å². The van der Waals surface area contributed by atoms with E-state index in [-0.39, 0.29) is 10.8 Å². The first-order valence-electron chi connectivity index (χ1n) is 7.95. The highest BCUT2D eigenvalue weighted by Gasteiger charge is 2.13. The fourth-order valence-electron chi connectivity index (χ4n) is 2.17. The van der Waals surface area contributed by atoms with Crippen molar-refractivity contribution in [1.82, 2.24) is 10.0 Å². The highest BCUT2D eigenvalue weighted by Crippen LogP contribution is 2.10. The summed E-state index contributed by atoms with van der Waals surface area (Å²) >= 11 is 0. The van der Waals surface area contributed by atoms with Crippen molar-refractivity contribution in [3.63, 3.8) is 0 Å². The third-order valence-corrected chi connectivity index (χ3v) is 4.99. The number of benzene rings is 2. The number of amides is 1. The SMILES string of the molecule is CCCNS(=O)(=O)c1ccc(C(=O)NCCc2ccccc2)cc1. The van der Waals surface area contributed by atoms with E-state index >= 15 is 0 Å². The average Bonchev–Trinajstić information content (AvgIpc) is 2.61. The van der Waals surface area contributed by atoms with Crippen LogP contribution >= 0.6 is 0 Å². The quantitative estimate of drug-likeness (QED) is 0.770. The summed E-state index contributed by atoms with van der Waals surface area (Å²) in [6.45, 7) is 2.82. The Morgan fingerprint density at radius 1 is 0.958 bits per heavy atom. The molecule has 1 amide bonds. The second kappa shape index (κ2) is 8.61. The van der Waals surface area contributed by atoms with Crippen LogP contribution in [0.25, 0.3) is 0 Å². The van der Waals surface area contributed by atoms with Crippen LogP contribution in [0.1, 0.15) is 29.3 Å². The van der Waals surface area contributed by atoms with Gasteiger partial charge in [-0.1, -0.05) is 37.3 Å². The molecular weight excluding hydrogens is 324 g/mol. The predicted molar refractivity (Wildman–Crippen MR) is 94.4 cm³/mol. The van der Waals surface area contributed by atoms with E-state index in [0.29, 0.717) is 18.7 Å². The maximum atomic E-state index is 12.1. The molecule has 2 aromatic carbocycles. The molecule has 0 radical (unpaired) electrons. The van der Waals surface area contributed by atoms with Gasteiger partial charge in [-0.15, -0.1) is 0 Å². The molecule has 0 atom stereocenters. The van der Waals surface area contributed by atoms with E-state index in [1.807, 2.05) is 37.3 Å². The molecule has 0 spiro atoms. The molecule has 0 saturated carbocycles. The minimum atomic E-state index is -3.50. The molecule has 128 valence electrons. The van der Waals surface area contributed by atoms with Gasteiger partial charge in [0.05, 0.1) is 4.90 Å². The molecule has 2 N–H and O–H groups in total. The van der Waals surface area contributed by atoms with E-state index in [1.165, 1.54) is 24.3 Å². The Bertz CT molecular complexity index is 757. The highest BCUT2D eigenvalue weighted by atomic mass is 32.2. The van der Waals surface area contributed by atoms with Gasteiger partial charge in [-0.05, 0) is 42.7 Å². The lowest BCUT2D eigenvalue weighted by Crippen LogP contribution is -2.26. The summed E-state index contributed by atoms with van der Waals surface area (Å²) in [5.41, 5.74) is 1.60. The predicted octanol–water partition coefficient (Wildman–Crippen LogP) is 2.35. The topological polar surface area (TPSA) is 75.3 Å². The number of carbonyl (C=O) groups is 1. The molecule has 0 saturated heterocycles. The van der Waals surface area contributed by atoms with E-state index in [2.05, 4.69) is 10.0 Å². The molecule has 2 rings (SSSR count). The molecule has 0 bridgehead atoms. The third-order valence-electron chi connectivity index (χ3n) is 3.51. The molecule has 2 aromatic rings.